The van der Waals surface area contributed by atoms with Gasteiger partial charge in [-0.1, -0.05) is 59.6 Å². The number of halogens is 8. The number of aromatic nitrogens is 4. The van der Waals surface area contributed by atoms with Crippen LogP contribution >= 0.6 is 23.2 Å². The Bertz CT molecular complexity index is 6060. The fraction of sp³-hybridized carbons (Fsp3) is 0.100. The monoisotopic (exact) mass is 1790 g/mol. The first kappa shape index (κ1) is 86.1. The first-order chi connectivity index (χ1) is 58.0. The van der Waals surface area contributed by atoms with Gasteiger partial charge in [0.2, 0.25) is 0 Å². The number of fused-ring (bicyclic) bond motifs is 4. The molecule has 42 heteroatoms. The van der Waals surface area contributed by atoms with Crippen molar-refractivity contribution < 1.29 is 108 Å². The van der Waals surface area contributed by atoms with Crippen LogP contribution in [-0.2, 0) is 111 Å². The van der Waals surface area contributed by atoms with Gasteiger partial charge in [0.15, 0.2) is 23.0 Å². The van der Waals surface area contributed by atoms with Gasteiger partial charge in [-0.25, -0.2) is 0 Å². The summed E-state index contributed by atoms with van der Waals surface area (Å²) in [6.45, 7) is 0. The third kappa shape index (κ3) is 23.4. The van der Waals surface area contributed by atoms with E-state index in [1.165, 1.54) is 67.0 Å². The third-order valence-electron chi connectivity index (χ3n) is 17.1. The molecule has 6 heterocycles. The molecule has 0 saturated carbocycles. The van der Waals surface area contributed by atoms with E-state index in [4.69, 9.17) is 51.6 Å². The number of benzene rings is 8. The molecule has 122 heavy (non-hydrogen) atoms. The molecule has 0 saturated heterocycles. The van der Waals surface area contributed by atoms with Crippen molar-refractivity contribution in [2.24, 2.45) is 0 Å². The normalized spacial score (nSPS) is 13.2. The van der Waals surface area contributed by atoms with Crippen LogP contribution < -0.4 is 66.2 Å². The molecule has 0 atom stereocenters. The van der Waals surface area contributed by atoms with Crippen LogP contribution in [0.2, 0.25) is 10.0 Å². The lowest BCUT2D eigenvalue weighted by Crippen LogP contribution is -2.22. The molecule has 2 aliphatic carbocycles. The quantitative estimate of drug-likeness (QED) is 0.0206. The lowest BCUT2D eigenvalue weighted by Gasteiger charge is -2.14. The van der Waals surface area contributed by atoms with Crippen molar-refractivity contribution in [3.63, 3.8) is 0 Å². The van der Waals surface area contributed by atoms with Gasteiger partial charge < -0.3 is 28.4 Å². The van der Waals surface area contributed by atoms with Crippen molar-refractivity contribution in [2.75, 3.05) is 37.8 Å². The molecule has 628 valence electrons. The van der Waals surface area contributed by atoms with Crippen molar-refractivity contribution in [2.45, 2.75) is 50.9 Å². The number of carbonyl (C=O) groups is 4. The van der Waals surface area contributed by atoms with E-state index in [1.54, 1.807) is 140 Å². The Morgan fingerprint density at radius 2 is 0.557 bits per heavy atom. The highest BCUT2D eigenvalue weighted by Crippen LogP contribution is 2.42. The molecule has 30 nitrogen and oxygen atoms in total. The van der Waals surface area contributed by atoms with E-state index in [0.717, 1.165) is 41.1 Å². The van der Waals surface area contributed by atoms with Gasteiger partial charge in [-0.15, -0.1) is 0 Å². The molecule has 0 amide bonds. The van der Waals surface area contributed by atoms with Gasteiger partial charge >= 0.3 is 65.1 Å². The lowest BCUT2D eigenvalue weighted by atomic mass is 10.2. The second-order valence-electron chi connectivity index (χ2n) is 26.2. The smallest absolute Gasteiger partial charge is 0.417 e. The van der Waals surface area contributed by atoms with Gasteiger partial charge in [-0.2, -0.15) is 60.0 Å². The van der Waals surface area contributed by atoms with Crippen molar-refractivity contribution in [1.82, 2.24) is 19.9 Å². The highest BCUT2D eigenvalue weighted by Gasteiger charge is 2.36. The topological polar surface area (TPSA) is 408 Å². The van der Waals surface area contributed by atoms with E-state index in [1.807, 2.05) is 9.44 Å². The summed E-state index contributed by atoms with van der Waals surface area (Å²) in [5.74, 6) is 3.29. The maximum atomic E-state index is 13.0. The Balaban J connectivity index is 0.000000141. The van der Waals surface area contributed by atoms with Crippen LogP contribution in [0.3, 0.4) is 0 Å². The number of hydrogen-bond donors (Lipinski definition) is 8. The molecular formula is C80H60Cl2F6N12O18S4. The molecule has 2 aliphatic heterocycles. The van der Waals surface area contributed by atoms with E-state index in [2.05, 4.69) is 48.3 Å². The summed E-state index contributed by atoms with van der Waals surface area (Å²) in [4.78, 5) is 62.7. The molecule has 8 N–H and O–H groups in total. The molecule has 0 fully saturated rings. The van der Waals surface area contributed by atoms with E-state index in [-0.39, 0.29) is 77.5 Å². The number of Topliss-reactive ketones (excluding diaryl/α,β-unsaturated/α-hetero) is 2. The number of nitrogens with one attached hydrogen (secondary N) is 8. The maximum Gasteiger partial charge on any atom is 0.417 e. The molecule has 16 rings (SSSR count). The number of pyridine rings is 4. The number of anilines is 8. The van der Waals surface area contributed by atoms with Gasteiger partial charge in [0.05, 0.1) is 102 Å². The first-order valence-electron chi connectivity index (χ1n) is 35.5. The number of rotatable bonds is 24. The van der Waals surface area contributed by atoms with Gasteiger partial charge in [0, 0.05) is 73.7 Å². The van der Waals surface area contributed by atoms with E-state index < -0.39 is 80.3 Å². The largest absolute Gasteiger partial charge is 0.457 e. The average molecular weight is 1790 g/mol. The maximum absolute atomic E-state index is 13.0. The second-order valence-corrected chi connectivity index (χ2v) is 32.7. The predicted octanol–water partition coefficient (Wildman–Crippen LogP) is 16.2. The Morgan fingerprint density at radius 1 is 0.303 bits per heavy atom. The zero-order valence-corrected chi connectivity index (χ0v) is 66.9. The number of esters is 2. The SMILES string of the molecule is O=C1Cc2nccc(Oc3ccc(NS(=O)(=O)Nc4ccc(Cl)c(C(F)(F)F)c4)cc3)c2C1.O=C1Cc2nccc(Oc3ccc(NS(=O)(=O)Nc4ccc(Cl)c(C(F)(F)F)c4)cc3)c2O1.O=C1Cc2nccc(Oc3ccc(NS(=O)(=O)Nc4ccccc4)cc3)c2C1.O=C1Cc2nccc(Oc3ccc(NS(=O)(=O)Nc4ccccc4)cc3)c2O1. The van der Waals surface area contributed by atoms with Crippen molar-refractivity contribution in [3.8, 4) is 57.5 Å². The fourth-order valence-corrected chi connectivity index (χ4v) is 16.0. The number of nitrogens with zero attached hydrogens (tertiary/aromatic N) is 4. The van der Waals surface area contributed by atoms with E-state index in [0.29, 0.717) is 111 Å². The summed E-state index contributed by atoms with van der Waals surface area (Å²) in [6, 6.07) is 53.3. The Hall–Kier alpha value is -13.8. The number of ketones is 2. The number of para-hydroxylation sites is 2. The van der Waals surface area contributed by atoms with Gasteiger partial charge in [-0.05, 0) is 170 Å². The molecular weight excluding hydrogens is 1730 g/mol. The minimum atomic E-state index is -4.74. The molecule has 0 bridgehead atoms. The van der Waals surface area contributed by atoms with Gasteiger partial charge in [0.25, 0.3) is 0 Å². The van der Waals surface area contributed by atoms with Crippen LogP contribution in [0.4, 0.5) is 71.8 Å². The van der Waals surface area contributed by atoms with Crippen LogP contribution in [0.5, 0.6) is 57.5 Å². The van der Waals surface area contributed by atoms with Crippen molar-refractivity contribution in [1.29, 1.82) is 0 Å². The molecule has 0 radical (unpaired) electrons. The highest BCUT2D eigenvalue weighted by molar-refractivity contribution is 7.94. The van der Waals surface area contributed by atoms with E-state index >= 15 is 0 Å². The fourth-order valence-electron chi connectivity index (χ4n) is 11.8. The van der Waals surface area contributed by atoms with Crippen molar-refractivity contribution >= 4 is 133 Å². The molecule has 12 aromatic rings. The van der Waals surface area contributed by atoms with Crippen LogP contribution in [-0.4, -0.2) is 77.1 Å². The average Bonchev–Trinajstić information content (AvgIpc) is 1.13. The summed E-state index contributed by atoms with van der Waals surface area (Å²) in [6.07, 6.45) is -2.00. The zero-order chi connectivity index (χ0) is 86.7. The predicted molar refractivity (Wildman–Crippen MR) is 437 cm³/mol. The lowest BCUT2D eigenvalue weighted by molar-refractivity contribution is -0.138. The summed E-state index contributed by atoms with van der Waals surface area (Å²) in [7, 11) is -16.1. The first-order valence-corrected chi connectivity index (χ1v) is 42.2. The molecule has 8 aromatic carbocycles. The van der Waals surface area contributed by atoms with Crippen LogP contribution in [0.25, 0.3) is 0 Å². The number of carbonyl (C=O) groups excluding carboxylic acids is 4. The van der Waals surface area contributed by atoms with Crippen LogP contribution in [0.15, 0.2) is 243 Å². The zero-order valence-electron chi connectivity index (χ0n) is 62.1. The van der Waals surface area contributed by atoms with Gasteiger partial charge in [-0.3, -0.25) is 76.9 Å². The van der Waals surface area contributed by atoms with Crippen LogP contribution in [0.1, 0.15) is 45.0 Å². The number of ether oxygens (including phenoxy) is 6. The minimum absolute atomic E-state index is 0.0400. The molecule has 0 spiro atoms. The van der Waals surface area contributed by atoms with Crippen LogP contribution in [0, 0.1) is 0 Å². The third-order valence-corrected chi connectivity index (χ3v) is 21.8. The summed E-state index contributed by atoms with van der Waals surface area (Å²) in [5.41, 5.74) is 2.92. The number of alkyl halides is 6. The summed E-state index contributed by atoms with van der Waals surface area (Å²) < 4.78 is 228. The van der Waals surface area contributed by atoms with Gasteiger partial charge in [0.1, 0.15) is 46.1 Å². The second kappa shape index (κ2) is 36.4. The number of hydrogen-bond acceptors (Lipinski definition) is 22. The van der Waals surface area contributed by atoms with E-state index in [9.17, 15) is 79.2 Å². The highest BCUT2D eigenvalue weighted by atomic mass is 35.5. The Labute approximate surface area is 700 Å². The molecule has 0 unspecified atom stereocenters. The van der Waals surface area contributed by atoms with Crippen molar-refractivity contribution in [3.05, 3.63) is 298 Å². The standard InChI is InChI=1S/C21H15ClF3N3O4S.C20H13ClF3N3O5S.C20H17N3O4S.C19H15N3O5S/c22-18-6-3-13(9-17(18)21(23,24)25)28-33(30,31)27-12-1-4-15(5-2-12)32-20-7-8-26-19-11-14(29)10-16(19)20;21-15-6-3-12(9-14(15)20(22,23)24)27-33(29,30)26-11-1-4-13(5-2-11)31-17-7-8-25-16-10-18(28)32-19(16)17;24-16-12-18-19(13-16)21-11-10-20(18)27-17-8-6-15(7-9-17)23-28(25,26)22-14-4-2-1-3-5-14;23-18-12-16-19(27-18)17(10-11-20-16)26-15-8-6-14(7-9-15)22-28(24,25)21-13-4-2-1-3-5-13/h1-9,27-28H,10-11H2;1-9,26-27H,10H2;1-11,22-23H,12-13H2;1-11,21-22H,12H2. The Morgan fingerprint density at radius 3 is 0.852 bits per heavy atom. The molecule has 4 aliphatic rings. The minimum Gasteiger partial charge on any atom is -0.457 e. The summed E-state index contributed by atoms with van der Waals surface area (Å²) >= 11 is 11.1. The molecule has 4 aromatic heterocycles. The summed E-state index contributed by atoms with van der Waals surface area (Å²) in [5, 5.41) is -1.10. The Kier molecular flexibility index (Phi) is 25.7.